The van der Waals surface area contributed by atoms with Crippen LogP contribution in [0.15, 0.2) is 72.3 Å². The third kappa shape index (κ3) is 6.37. The normalized spacial score (nSPS) is 14.6. The molecule has 3 aromatic carbocycles. The first-order valence-corrected chi connectivity index (χ1v) is 12.4. The number of amides is 4. The van der Waals surface area contributed by atoms with Crippen LogP contribution in [0.3, 0.4) is 0 Å². The van der Waals surface area contributed by atoms with Crippen LogP contribution in [-0.4, -0.2) is 24.5 Å². The smallest absolute Gasteiger partial charge is 0.335 e. The summed E-state index contributed by atoms with van der Waals surface area (Å²) in [5, 5.41) is 2.55. The molecule has 190 valence electrons. The summed E-state index contributed by atoms with van der Waals surface area (Å²) >= 11 is 6.40. The molecular weight excluding hydrogens is 492 g/mol. The zero-order valence-electron chi connectivity index (χ0n) is 20.6. The van der Waals surface area contributed by atoms with E-state index in [4.69, 9.17) is 21.1 Å². The average molecular weight is 519 g/mol. The number of nitrogens with one attached hydrogen (secondary N) is 1. The molecule has 4 rings (SSSR count). The number of hydrogen-bond donors (Lipinski definition) is 1. The maximum Gasteiger partial charge on any atom is 0.335 e. The number of carbonyl (C=O) groups is 3. The molecule has 8 heteroatoms. The average Bonchev–Trinajstić information content (AvgIpc) is 2.88. The van der Waals surface area contributed by atoms with Gasteiger partial charge in [0.25, 0.3) is 11.8 Å². The van der Waals surface area contributed by atoms with Gasteiger partial charge < -0.3 is 9.47 Å². The highest BCUT2D eigenvalue weighted by Crippen LogP contribution is 2.29. The van der Waals surface area contributed by atoms with E-state index in [1.54, 1.807) is 42.5 Å². The number of barbiturate groups is 1. The number of urea groups is 1. The molecule has 3 aromatic rings. The predicted octanol–water partition coefficient (Wildman–Crippen LogP) is 6.07. The summed E-state index contributed by atoms with van der Waals surface area (Å²) in [5.41, 5.74) is 2.81. The summed E-state index contributed by atoms with van der Waals surface area (Å²) in [5.74, 6) is -0.402. The number of carbonyl (C=O) groups excluding carboxylic acids is 3. The minimum atomic E-state index is -0.815. The summed E-state index contributed by atoms with van der Waals surface area (Å²) in [7, 11) is 0. The van der Waals surface area contributed by atoms with Gasteiger partial charge in [-0.25, -0.2) is 9.69 Å². The molecule has 1 aliphatic rings. The fourth-order valence-electron chi connectivity index (χ4n) is 3.65. The van der Waals surface area contributed by atoms with Crippen LogP contribution in [0.1, 0.15) is 36.5 Å². The van der Waals surface area contributed by atoms with Gasteiger partial charge in [0.15, 0.2) is 0 Å². The Kier molecular flexibility index (Phi) is 8.25. The van der Waals surface area contributed by atoms with Crippen LogP contribution < -0.4 is 19.7 Å². The Morgan fingerprint density at radius 2 is 1.68 bits per heavy atom. The second kappa shape index (κ2) is 11.8. The number of anilines is 1. The minimum absolute atomic E-state index is 0.188. The van der Waals surface area contributed by atoms with Crippen LogP contribution >= 0.6 is 11.6 Å². The van der Waals surface area contributed by atoms with Crippen molar-refractivity contribution in [1.29, 1.82) is 0 Å². The molecule has 0 spiro atoms. The molecule has 0 saturated carbocycles. The van der Waals surface area contributed by atoms with Crippen molar-refractivity contribution in [3.8, 4) is 11.5 Å². The van der Waals surface area contributed by atoms with E-state index in [1.165, 1.54) is 6.08 Å². The Morgan fingerprint density at radius 1 is 0.946 bits per heavy atom. The lowest BCUT2D eigenvalue weighted by atomic mass is 10.1. The Hall–Kier alpha value is -4.10. The summed E-state index contributed by atoms with van der Waals surface area (Å²) in [6.07, 6.45) is 3.34. The molecule has 0 aliphatic carbocycles. The highest BCUT2D eigenvalue weighted by atomic mass is 35.5. The monoisotopic (exact) mass is 518 g/mol. The van der Waals surface area contributed by atoms with Crippen molar-refractivity contribution in [1.82, 2.24) is 5.32 Å². The zero-order valence-corrected chi connectivity index (χ0v) is 21.4. The van der Waals surface area contributed by atoms with Crippen LogP contribution in [-0.2, 0) is 16.2 Å². The van der Waals surface area contributed by atoms with E-state index in [0.29, 0.717) is 41.0 Å². The summed E-state index contributed by atoms with van der Waals surface area (Å²) in [6.45, 7) is 5.02. The predicted molar refractivity (Wildman–Crippen MR) is 143 cm³/mol. The van der Waals surface area contributed by atoms with Gasteiger partial charge in [0.2, 0.25) is 0 Å². The molecule has 0 atom stereocenters. The number of unbranched alkanes of at least 4 members (excludes halogenated alkanes) is 1. The van der Waals surface area contributed by atoms with Crippen LogP contribution in [0.5, 0.6) is 11.5 Å². The molecular formula is C29H27ClN2O5. The summed E-state index contributed by atoms with van der Waals surface area (Å²) in [4.78, 5) is 39.1. The van der Waals surface area contributed by atoms with Crippen LogP contribution in [0, 0.1) is 6.92 Å². The van der Waals surface area contributed by atoms with E-state index in [1.807, 2.05) is 31.2 Å². The zero-order chi connectivity index (χ0) is 26.4. The van der Waals surface area contributed by atoms with E-state index < -0.39 is 17.8 Å². The molecule has 0 bridgehead atoms. The SMILES string of the molecule is CCCCOc1ccc(N2C(=O)NC(=O)/C(=C/c3ccc(OCc4ccc(C)cc4)c(Cl)c3)C2=O)cc1. The minimum Gasteiger partial charge on any atom is -0.494 e. The number of ether oxygens (including phenoxy) is 2. The molecule has 37 heavy (non-hydrogen) atoms. The first-order chi connectivity index (χ1) is 17.9. The lowest BCUT2D eigenvalue weighted by molar-refractivity contribution is -0.122. The number of hydrogen-bond acceptors (Lipinski definition) is 5. The fourth-order valence-corrected chi connectivity index (χ4v) is 3.90. The topological polar surface area (TPSA) is 84.9 Å². The lowest BCUT2D eigenvalue weighted by Crippen LogP contribution is -2.54. The number of imide groups is 2. The molecule has 0 radical (unpaired) electrons. The molecule has 1 aliphatic heterocycles. The first-order valence-electron chi connectivity index (χ1n) is 12.0. The Labute approximate surface area is 220 Å². The molecule has 4 amide bonds. The Balaban J connectivity index is 1.50. The maximum atomic E-state index is 13.2. The molecule has 1 heterocycles. The molecule has 0 unspecified atom stereocenters. The van der Waals surface area contributed by atoms with Crippen molar-refractivity contribution < 1.29 is 23.9 Å². The third-order valence-electron chi connectivity index (χ3n) is 5.75. The van der Waals surface area contributed by atoms with Crippen molar-refractivity contribution in [2.24, 2.45) is 0 Å². The lowest BCUT2D eigenvalue weighted by Gasteiger charge is -2.26. The van der Waals surface area contributed by atoms with Gasteiger partial charge in [-0.15, -0.1) is 0 Å². The number of benzene rings is 3. The highest BCUT2D eigenvalue weighted by Gasteiger charge is 2.36. The third-order valence-corrected chi connectivity index (χ3v) is 6.04. The summed E-state index contributed by atoms with van der Waals surface area (Å²) in [6, 6.07) is 18.7. The van der Waals surface area contributed by atoms with Crippen molar-refractivity contribution in [2.45, 2.75) is 33.3 Å². The van der Waals surface area contributed by atoms with Gasteiger partial charge in [-0.05, 0) is 66.9 Å². The summed E-state index contributed by atoms with van der Waals surface area (Å²) < 4.78 is 11.5. The van der Waals surface area contributed by atoms with E-state index >= 15 is 0 Å². The quantitative estimate of drug-likeness (QED) is 0.211. The van der Waals surface area contributed by atoms with Gasteiger partial charge in [0.1, 0.15) is 23.7 Å². The second-order valence-corrected chi connectivity index (χ2v) is 9.03. The number of aryl methyl sites for hydroxylation is 1. The van der Waals surface area contributed by atoms with Crippen molar-refractivity contribution in [2.75, 3.05) is 11.5 Å². The molecule has 0 aromatic heterocycles. The molecule has 1 fully saturated rings. The standard InChI is InChI=1S/C29H27ClN2O5/c1-3-4-15-36-23-12-10-22(11-13-23)32-28(34)24(27(33)31-29(32)35)16-21-9-14-26(25(30)17-21)37-18-20-7-5-19(2)6-8-20/h5-14,16-17H,3-4,15,18H2,1-2H3,(H,31,33,35)/b24-16-. The van der Waals surface area contributed by atoms with Crippen LogP contribution in [0.25, 0.3) is 6.08 Å². The van der Waals surface area contributed by atoms with Crippen molar-refractivity contribution >= 4 is 41.2 Å². The number of halogens is 1. The van der Waals surface area contributed by atoms with Gasteiger partial charge >= 0.3 is 6.03 Å². The number of nitrogens with zero attached hydrogens (tertiary/aromatic N) is 1. The molecule has 1 saturated heterocycles. The Morgan fingerprint density at radius 3 is 2.35 bits per heavy atom. The highest BCUT2D eigenvalue weighted by molar-refractivity contribution is 6.39. The van der Waals surface area contributed by atoms with Gasteiger partial charge in [-0.2, -0.15) is 0 Å². The first kappa shape index (κ1) is 26.0. The number of rotatable bonds is 9. The van der Waals surface area contributed by atoms with Gasteiger partial charge in [0, 0.05) is 0 Å². The van der Waals surface area contributed by atoms with E-state index in [0.717, 1.165) is 28.9 Å². The van der Waals surface area contributed by atoms with Crippen molar-refractivity contribution in [3.05, 3.63) is 94.0 Å². The fraction of sp³-hybridized carbons (Fsp3) is 0.207. The largest absolute Gasteiger partial charge is 0.494 e. The Bertz CT molecular complexity index is 1330. The molecule has 7 nitrogen and oxygen atoms in total. The van der Waals surface area contributed by atoms with Crippen molar-refractivity contribution in [3.63, 3.8) is 0 Å². The van der Waals surface area contributed by atoms with Crippen LogP contribution in [0.2, 0.25) is 5.02 Å². The second-order valence-electron chi connectivity index (χ2n) is 8.62. The van der Waals surface area contributed by atoms with E-state index in [-0.39, 0.29) is 5.57 Å². The maximum absolute atomic E-state index is 13.2. The molecule has 1 N–H and O–H groups in total. The van der Waals surface area contributed by atoms with Gasteiger partial charge in [-0.3, -0.25) is 14.9 Å². The van der Waals surface area contributed by atoms with Crippen LogP contribution in [0.4, 0.5) is 10.5 Å². The van der Waals surface area contributed by atoms with Gasteiger partial charge in [0.05, 0.1) is 17.3 Å². The van der Waals surface area contributed by atoms with Gasteiger partial charge in [-0.1, -0.05) is 60.8 Å². The van der Waals surface area contributed by atoms with E-state index in [9.17, 15) is 14.4 Å². The van der Waals surface area contributed by atoms with E-state index in [2.05, 4.69) is 12.2 Å².